The molecule has 1 aromatic heterocycles. The first-order chi connectivity index (χ1) is 16.5. The van der Waals surface area contributed by atoms with Crippen LogP contribution in [0.2, 0.25) is 5.02 Å². The molecule has 0 spiro atoms. The Balaban J connectivity index is 1.16. The predicted octanol–water partition coefficient (Wildman–Crippen LogP) is 4.01. The van der Waals surface area contributed by atoms with E-state index in [0.29, 0.717) is 5.02 Å². The first-order valence-electron chi connectivity index (χ1n) is 12.6. The number of rotatable bonds is 11. The van der Waals surface area contributed by atoms with E-state index in [4.69, 9.17) is 16.3 Å². The summed E-state index contributed by atoms with van der Waals surface area (Å²) < 4.78 is 6.08. The summed E-state index contributed by atoms with van der Waals surface area (Å²) >= 11 is 5.89. The van der Waals surface area contributed by atoms with Crippen molar-refractivity contribution >= 4 is 17.5 Å². The Kier molecular flexibility index (Phi) is 9.00. The Labute approximate surface area is 208 Å². The molecule has 1 aromatic carbocycles. The van der Waals surface area contributed by atoms with Crippen LogP contribution in [0.25, 0.3) is 0 Å². The molecule has 2 saturated heterocycles. The number of aromatic nitrogens is 2. The Morgan fingerprint density at radius 3 is 2.41 bits per heavy atom. The highest BCUT2D eigenvalue weighted by Gasteiger charge is 2.21. The summed E-state index contributed by atoms with van der Waals surface area (Å²) in [6.07, 6.45) is 8.31. The van der Waals surface area contributed by atoms with E-state index in [1.54, 1.807) is 12.4 Å². The molecule has 186 valence electrons. The molecule has 34 heavy (non-hydrogen) atoms. The number of piperidine rings is 1. The van der Waals surface area contributed by atoms with Crippen LogP contribution in [0.5, 0.6) is 5.75 Å². The summed E-state index contributed by atoms with van der Waals surface area (Å²) in [5.74, 6) is 3.12. The number of nitrogens with zero attached hydrogens (tertiary/aromatic N) is 3. The molecule has 3 N–H and O–H groups in total. The topological polar surface area (TPSA) is 82.5 Å². The summed E-state index contributed by atoms with van der Waals surface area (Å²) in [6, 6.07) is 4.10. The minimum atomic E-state index is -0.633. The van der Waals surface area contributed by atoms with Gasteiger partial charge in [0, 0.05) is 18.7 Å². The van der Waals surface area contributed by atoms with E-state index in [0.717, 1.165) is 105 Å². The quantitative estimate of drug-likeness (QED) is 0.326. The minimum Gasteiger partial charge on any atom is -0.494 e. The third-order valence-corrected chi connectivity index (χ3v) is 7.32. The zero-order valence-corrected chi connectivity index (χ0v) is 21.2. The number of anilines is 1. The van der Waals surface area contributed by atoms with Crippen molar-refractivity contribution in [2.24, 2.45) is 11.8 Å². The molecule has 0 aliphatic carbocycles. The third-order valence-electron chi connectivity index (χ3n) is 7.13. The normalized spacial score (nSPS) is 18.1. The van der Waals surface area contributed by atoms with Crippen molar-refractivity contribution in [2.75, 3.05) is 44.2 Å². The lowest BCUT2D eigenvalue weighted by Crippen LogP contribution is -2.43. The standard InChI is InChI=1S/C26H38ClN5O2/c1-18-12-23(13-19(2)24(18)25(33)29-8-5-21-14-28-15-21)34-11-3-4-20-6-9-32(10-7-20)26-30-16-22(27)17-31-26/h12-13,16-17,20-21,25,28-29,33H,3-11,14-15H2,1-2H3. The van der Waals surface area contributed by atoms with Crippen LogP contribution in [0.15, 0.2) is 24.5 Å². The minimum absolute atomic E-state index is 0.573. The number of aliphatic hydroxyl groups is 1. The van der Waals surface area contributed by atoms with Crippen molar-refractivity contribution in [1.29, 1.82) is 0 Å². The van der Waals surface area contributed by atoms with Gasteiger partial charge in [0.15, 0.2) is 0 Å². The number of benzene rings is 1. The smallest absolute Gasteiger partial charge is 0.225 e. The van der Waals surface area contributed by atoms with Crippen LogP contribution in [0, 0.1) is 25.7 Å². The van der Waals surface area contributed by atoms with Crippen LogP contribution in [0.4, 0.5) is 5.95 Å². The molecule has 0 saturated carbocycles. The zero-order valence-electron chi connectivity index (χ0n) is 20.4. The predicted molar refractivity (Wildman–Crippen MR) is 137 cm³/mol. The maximum absolute atomic E-state index is 10.7. The van der Waals surface area contributed by atoms with E-state index in [1.165, 1.54) is 6.42 Å². The maximum atomic E-state index is 10.7. The van der Waals surface area contributed by atoms with Crippen LogP contribution in [-0.2, 0) is 0 Å². The van der Waals surface area contributed by atoms with Gasteiger partial charge in [0.25, 0.3) is 0 Å². The van der Waals surface area contributed by atoms with Gasteiger partial charge in [-0.05, 0) is 101 Å². The van der Waals surface area contributed by atoms with Crippen LogP contribution in [0.1, 0.15) is 55.0 Å². The molecule has 0 amide bonds. The molecule has 2 fully saturated rings. The van der Waals surface area contributed by atoms with E-state index >= 15 is 0 Å². The molecular weight excluding hydrogens is 450 g/mol. The average molecular weight is 488 g/mol. The monoisotopic (exact) mass is 487 g/mol. The second-order valence-electron chi connectivity index (χ2n) is 9.76. The Morgan fingerprint density at radius 2 is 1.79 bits per heavy atom. The van der Waals surface area contributed by atoms with Gasteiger partial charge in [-0.25, -0.2) is 9.97 Å². The lowest BCUT2D eigenvalue weighted by Gasteiger charge is -2.32. The second-order valence-corrected chi connectivity index (χ2v) is 10.2. The van der Waals surface area contributed by atoms with E-state index in [2.05, 4.69) is 25.5 Å². The van der Waals surface area contributed by atoms with Crippen molar-refractivity contribution in [3.05, 3.63) is 46.2 Å². The van der Waals surface area contributed by atoms with Gasteiger partial charge in [-0.2, -0.15) is 0 Å². The van der Waals surface area contributed by atoms with E-state index in [9.17, 15) is 5.11 Å². The van der Waals surface area contributed by atoms with Crippen molar-refractivity contribution in [3.63, 3.8) is 0 Å². The fourth-order valence-corrected chi connectivity index (χ4v) is 5.08. The summed E-state index contributed by atoms with van der Waals surface area (Å²) in [5, 5.41) is 17.8. The number of nitrogens with one attached hydrogen (secondary N) is 2. The highest BCUT2D eigenvalue weighted by Crippen LogP contribution is 2.28. The van der Waals surface area contributed by atoms with Crippen LogP contribution in [0.3, 0.4) is 0 Å². The molecule has 1 atom stereocenters. The van der Waals surface area contributed by atoms with Gasteiger partial charge in [0.2, 0.25) is 5.95 Å². The Hall–Kier alpha value is -1.93. The van der Waals surface area contributed by atoms with Crippen LogP contribution in [-0.4, -0.2) is 54.4 Å². The molecule has 2 aliphatic heterocycles. The molecule has 0 bridgehead atoms. The van der Waals surface area contributed by atoms with E-state index < -0.39 is 6.23 Å². The molecule has 3 heterocycles. The van der Waals surface area contributed by atoms with Gasteiger partial charge in [-0.15, -0.1) is 0 Å². The fraction of sp³-hybridized carbons (Fsp3) is 0.615. The lowest BCUT2D eigenvalue weighted by molar-refractivity contribution is 0.133. The highest BCUT2D eigenvalue weighted by atomic mass is 35.5. The summed E-state index contributed by atoms with van der Waals surface area (Å²) in [7, 11) is 0. The molecule has 2 aromatic rings. The SMILES string of the molecule is Cc1cc(OCCCC2CCN(c3ncc(Cl)cn3)CC2)cc(C)c1C(O)NCCC1CNC1. The molecule has 8 heteroatoms. The van der Waals surface area contributed by atoms with Gasteiger partial charge in [-0.3, -0.25) is 5.32 Å². The molecule has 1 unspecified atom stereocenters. The van der Waals surface area contributed by atoms with Crippen molar-refractivity contribution in [3.8, 4) is 5.75 Å². The molecular formula is C26H38ClN5O2. The number of ether oxygens (including phenoxy) is 1. The van der Waals surface area contributed by atoms with E-state index in [1.807, 2.05) is 26.0 Å². The zero-order chi connectivity index (χ0) is 23.9. The highest BCUT2D eigenvalue weighted by molar-refractivity contribution is 6.30. The second kappa shape index (κ2) is 12.2. The fourth-order valence-electron chi connectivity index (χ4n) is 4.98. The van der Waals surface area contributed by atoms with Gasteiger partial charge >= 0.3 is 0 Å². The molecule has 2 aliphatic rings. The molecule has 4 rings (SSSR count). The number of hydrogen-bond donors (Lipinski definition) is 3. The first-order valence-corrected chi connectivity index (χ1v) is 13.0. The summed E-state index contributed by atoms with van der Waals surface area (Å²) in [5.41, 5.74) is 3.10. The van der Waals surface area contributed by atoms with Gasteiger partial charge in [0.05, 0.1) is 24.0 Å². The van der Waals surface area contributed by atoms with Gasteiger partial charge in [0.1, 0.15) is 12.0 Å². The van der Waals surface area contributed by atoms with Gasteiger partial charge in [-0.1, -0.05) is 11.6 Å². The number of halogens is 1. The molecule has 0 radical (unpaired) electrons. The number of aryl methyl sites for hydroxylation is 2. The van der Waals surface area contributed by atoms with E-state index in [-0.39, 0.29) is 0 Å². The number of aliphatic hydroxyl groups excluding tert-OH is 1. The lowest BCUT2D eigenvalue weighted by atomic mass is 9.92. The van der Waals surface area contributed by atoms with Crippen LogP contribution >= 0.6 is 11.6 Å². The first kappa shape index (κ1) is 25.2. The maximum Gasteiger partial charge on any atom is 0.225 e. The van der Waals surface area contributed by atoms with Gasteiger partial charge < -0.3 is 20.1 Å². The third kappa shape index (κ3) is 6.81. The number of hydrogen-bond acceptors (Lipinski definition) is 7. The summed E-state index contributed by atoms with van der Waals surface area (Å²) in [6.45, 7) is 9.81. The van der Waals surface area contributed by atoms with Crippen molar-refractivity contribution in [1.82, 2.24) is 20.6 Å². The largest absolute Gasteiger partial charge is 0.494 e. The summed E-state index contributed by atoms with van der Waals surface area (Å²) in [4.78, 5) is 10.9. The average Bonchev–Trinajstić information content (AvgIpc) is 2.79. The van der Waals surface area contributed by atoms with Crippen LogP contribution < -0.4 is 20.3 Å². The van der Waals surface area contributed by atoms with Crippen molar-refractivity contribution in [2.45, 2.75) is 52.2 Å². The van der Waals surface area contributed by atoms with Crippen molar-refractivity contribution < 1.29 is 9.84 Å². The molecule has 7 nitrogen and oxygen atoms in total. The Morgan fingerprint density at radius 1 is 1.12 bits per heavy atom. The Bertz CT molecular complexity index is 891.